The highest BCUT2D eigenvalue weighted by Crippen LogP contribution is 2.43. The number of aromatic nitrogens is 2. The minimum absolute atomic E-state index is 0.168. The maximum atomic E-state index is 4.78. The average molecular weight is 418 g/mol. The van der Waals surface area contributed by atoms with Crippen LogP contribution in [0.5, 0.6) is 0 Å². The number of hydrogen-bond acceptors (Lipinski definition) is 5. The molecule has 1 saturated carbocycles. The summed E-state index contributed by atoms with van der Waals surface area (Å²) in [5.41, 5.74) is 2.88. The minimum Gasteiger partial charge on any atom is -0.308 e. The highest BCUT2D eigenvalue weighted by molar-refractivity contribution is 5.33. The molecule has 5 heteroatoms. The summed E-state index contributed by atoms with van der Waals surface area (Å²) in [4.78, 5) is 15.0. The van der Waals surface area contributed by atoms with E-state index in [1.807, 2.05) is 0 Å². The predicted molar refractivity (Wildman–Crippen MR) is 123 cm³/mol. The van der Waals surface area contributed by atoms with E-state index < -0.39 is 0 Å². The number of benzene rings is 1. The lowest BCUT2D eigenvalue weighted by atomic mass is 9.64. The fourth-order valence-electron chi connectivity index (χ4n) is 6.93. The zero-order valence-corrected chi connectivity index (χ0v) is 18.5. The lowest BCUT2D eigenvalue weighted by Crippen LogP contribution is -2.69. The summed E-state index contributed by atoms with van der Waals surface area (Å²) < 4.78 is 0. The van der Waals surface area contributed by atoms with E-state index in [1.54, 1.807) is 0 Å². The molecule has 7 rings (SSSR count). The van der Waals surface area contributed by atoms with E-state index in [0.29, 0.717) is 17.9 Å². The molecule has 0 spiro atoms. The van der Waals surface area contributed by atoms with Gasteiger partial charge in [-0.1, -0.05) is 49.6 Å². The summed E-state index contributed by atoms with van der Waals surface area (Å²) in [6.07, 6.45) is 10.7. The Morgan fingerprint density at radius 2 is 1.58 bits per heavy atom. The zero-order valence-electron chi connectivity index (χ0n) is 18.5. The molecule has 5 fully saturated rings. The van der Waals surface area contributed by atoms with E-state index in [-0.39, 0.29) is 5.41 Å². The van der Waals surface area contributed by atoms with Gasteiger partial charge in [0.25, 0.3) is 0 Å². The predicted octanol–water partition coefficient (Wildman–Crippen LogP) is 3.18. The van der Waals surface area contributed by atoms with E-state index in [4.69, 9.17) is 9.97 Å². The monoisotopic (exact) mass is 417 g/mol. The third kappa shape index (κ3) is 3.71. The van der Waals surface area contributed by atoms with Gasteiger partial charge in [0.05, 0.1) is 0 Å². The second-order valence-corrected chi connectivity index (χ2v) is 10.4. The summed E-state index contributed by atoms with van der Waals surface area (Å²) in [5, 5.41) is 4.01. The average Bonchev–Trinajstić information content (AvgIpc) is 3.08. The zero-order chi connectivity index (χ0) is 20.7. The van der Waals surface area contributed by atoms with E-state index in [9.17, 15) is 0 Å². The first-order valence-corrected chi connectivity index (χ1v) is 12.3. The molecule has 2 aromatic rings. The van der Waals surface area contributed by atoms with E-state index in [2.05, 4.69) is 57.8 Å². The van der Waals surface area contributed by atoms with Crippen molar-refractivity contribution >= 4 is 0 Å². The summed E-state index contributed by atoms with van der Waals surface area (Å²) in [6.45, 7) is 8.07. The quantitative estimate of drug-likeness (QED) is 0.810. The number of nitrogens with zero attached hydrogens (tertiary/aromatic N) is 4. The molecule has 3 unspecified atom stereocenters. The van der Waals surface area contributed by atoms with Gasteiger partial charge in [0.15, 0.2) is 0 Å². The Kier molecular flexibility index (Phi) is 5.29. The Morgan fingerprint density at radius 3 is 2.26 bits per heavy atom. The fraction of sp³-hybridized carbons (Fsp3) is 0.615. The van der Waals surface area contributed by atoms with Crippen molar-refractivity contribution in [1.29, 1.82) is 0 Å². The topological polar surface area (TPSA) is 44.3 Å². The van der Waals surface area contributed by atoms with Gasteiger partial charge in [0, 0.05) is 87.1 Å². The minimum atomic E-state index is 0.168. The molecule has 4 saturated heterocycles. The molecule has 31 heavy (non-hydrogen) atoms. The molecular weight excluding hydrogens is 382 g/mol. The van der Waals surface area contributed by atoms with Gasteiger partial charge >= 0.3 is 0 Å². The molecule has 3 atom stereocenters. The Hall–Kier alpha value is -1.82. The van der Waals surface area contributed by atoms with Crippen LogP contribution in [0.15, 0.2) is 42.7 Å². The molecular formula is C26H35N5. The van der Waals surface area contributed by atoms with Gasteiger partial charge < -0.3 is 15.1 Å². The van der Waals surface area contributed by atoms with Crippen LogP contribution in [0.2, 0.25) is 0 Å². The van der Waals surface area contributed by atoms with Crippen molar-refractivity contribution in [3.8, 4) is 0 Å². The number of hydrogen-bond donors (Lipinski definition) is 1. The molecule has 4 aliphatic heterocycles. The molecule has 0 radical (unpaired) electrons. The molecule has 164 valence electrons. The largest absolute Gasteiger partial charge is 0.308 e. The Bertz CT molecular complexity index is 860. The first-order valence-electron chi connectivity index (χ1n) is 12.3. The maximum Gasteiger partial charge on any atom is 0.131 e. The van der Waals surface area contributed by atoms with E-state index in [0.717, 1.165) is 12.4 Å². The van der Waals surface area contributed by atoms with Crippen LogP contribution in [0.3, 0.4) is 0 Å². The molecule has 1 aromatic heterocycles. The van der Waals surface area contributed by atoms with Crippen LogP contribution in [0, 0.1) is 5.92 Å². The number of piperidine rings is 2. The molecule has 0 amide bonds. The molecule has 5 heterocycles. The van der Waals surface area contributed by atoms with Crippen molar-refractivity contribution in [1.82, 2.24) is 25.1 Å². The Labute approximate surface area is 186 Å². The Balaban J connectivity index is 1.22. The van der Waals surface area contributed by atoms with Crippen molar-refractivity contribution < 1.29 is 0 Å². The summed E-state index contributed by atoms with van der Waals surface area (Å²) in [6, 6.07) is 11.8. The van der Waals surface area contributed by atoms with Crippen molar-refractivity contribution in [2.75, 3.05) is 39.3 Å². The molecule has 1 aliphatic carbocycles. The van der Waals surface area contributed by atoms with E-state index in [1.165, 1.54) is 82.5 Å². The fourth-order valence-corrected chi connectivity index (χ4v) is 6.93. The molecule has 5 nitrogen and oxygen atoms in total. The van der Waals surface area contributed by atoms with Crippen molar-refractivity contribution in [3.05, 3.63) is 59.7 Å². The number of fused-ring (bicyclic) bond motifs is 1. The van der Waals surface area contributed by atoms with Crippen LogP contribution >= 0.6 is 0 Å². The summed E-state index contributed by atoms with van der Waals surface area (Å²) >= 11 is 0. The summed E-state index contributed by atoms with van der Waals surface area (Å²) in [7, 11) is 0. The third-order valence-electron chi connectivity index (χ3n) is 8.37. The third-order valence-corrected chi connectivity index (χ3v) is 8.37. The van der Waals surface area contributed by atoms with Gasteiger partial charge in [0.1, 0.15) is 5.82 Å². The highest BCUT2D eigenvalue weighted by Gasteiger charge is 2.54. The molecule has 1 aromatic carbocycles. The van der Waals surface area contributed by atoms with Crippen molar-refractivity contribution in [2.24, 2.45) is 5.92 Å². The van der Waals surface area contributed by atoms with Crippen molar-refractivity contribution in [2.45, 2.75) is 56.0 Å². The van der Waals surface area contributed by atoms with Crippen LogP contribution < -0.4 is 5.32 Å². The van der Waals surface area contributed by atoms with Gasteiger partial charge in [-0.15, -0.1) is 0 Å². The van der Waals surface area contributed by atoms with Crippen molar-refractivity contribution in [3.63, 3.8) is 0 Å². The molecule has 1 N–H and O–H groups in total. The molecule has 4 bridgehead atoms. The SMILES string of the molecule is c1ccc(C23CN4CCN(CC(C4)C2NCc2cnc(C4CCCCC4)nc2)C3)cc1. The van der Waals surface area contributed by atoms with Crippen LogP contribution in [0.25, 0.3) is 0 Å². The maximum absolute atomic E-state index is 4.78. The second kappa shape index (κ2) is 8.27. The normalized spacial score (nSPS) is 35.2. The van der Waals surface area contributed by atoms with E-state index >= 15 is 0 Å². The first kappa shape index (κ1) is 19.8. The first-order chi connectivity index (χ1) is 15.3. The van der Waals surface area contributed by atoms with Gasteiger partial charge in [-0.05, 0) is 18.4 Å². The number of rotatable bonds is 5. The van der Waals surface area contributed by atoms with Gasteiger partial charge in [-0.2, -0.15) is 0 Å². The summed E-state index contributed by atoms with van der Waals surface area (Å²) in [5.74, 6) is 2.32. The lowest BCUT2D eigenvalue weighted by molar-refractivity contribution is 0.0174. The van der Waals surface area contributed by atoms with Crippen LogP contribution in [0.4, 0.5) is 0 Å². The standard InChI is InChI=1S/C26H35N5/c1-3-7-21(8-4-1)25-28-14-20(15-29-25)13-27-24-22-16-30-11-12-31(17-22)19-26(24,18-30)23-9-5-2-6-10-23/h2,5-6,9-10,14-15,21-22,24,27H,1,3-4,7-8,11-13,16-19H2. The smallest absolute Gasteiger partial charge is 0.131 e. The molecule has 5 aliphatic rings. The lowest BCUT2D eigenvalue weighted by Gasteiger charge is -2.56. The van der Waals surface area contributed by atoms with Gasteiger partial charge in [0.2, 0.25) is 0 Å². The van der Waals surface area contributed by atoms with Crippen LogP contribution in [-0.2, 0) is 12.0 Å². The van der Waals surface area contributed by atoms with Gasteiger partial charge in [-0.25, -0.2) is 9.97 Å². The van der Waals surface area contributed by atoms with Crippen LogP contribution in [-0.4, -0.2) is 65.1 Å². The van der Waals surface area contributed by atoms with Crippen LogP contribution in [0.1, 0.15) is 55.0 Å². The van der Waals surface area contributed by atoms with Gasteiger partial charge in [-0.3, -0.25) is 0 Å². The second-order valence-electron chi connectivity index (χ2n) is 10.4. The highest BCUT2D eigenvalue weighted by atomic mass is 15.3. The Morgan fingerprint density at radius 1 is 0.903 bits per heavy atom. The number of nitrogens with one attached hydrogen (secondary N) is 1.